The smallest absolute Gasteiger partial charge is 0.411 e. The molecule has 0 heterocycles. The van der Waals surface area contributed by atoms with Gasteiger partial charge in [0.05, 0.1) is 4.92 Å². The number of carbonyl (C=O) groups is 2. The van der Waals surface area contributed by atoms with Crippen molar-refractivity contribution in [2.75, 3.05) is 11.9 Å². The van der Waals surface area contributed by atoms with Gasteiger partial charge in [-0.15, -0.1) is 0 Å². The molecule has 156 valence electrons. The Bertz CT molecular complexity index is 1180. The number of nitro benzene ring substituents is 1. The molecule has 31 heavy (non-hydrogen) atoms. The fourth-order valence-corrected chi connectivity index (χ4v) is 3.72. The van der Waals surface area contributed by atoms with Gasteiger partial charge in [-0.1, -0.05) is 48.5 Å². The Balaban J connectivity index is 1.54. The number of nitrogens with zero attached hydrogens (tertiary/aromatic N) is 1. The van der Waals surface area contributed by atoms with Gasteiger partial charge in [-0.3, -0.25) is 15.4 Å². The monoisotopic (exact) mass is 422 g/mol. The second-order valence-electron chi connectivity index (χ2n) is 6.86. The quantitative estimate of drug-likeness (QED) is 0.451. The SMILES string of the molecule is O=C(Nc1cc(F)c(C(=O)O)cc1[N+](=O)[O-])OCC1c2ccccc2-c2ccccc21. The summed E-state index contributed by atoms with van der Waals surface area (Å²) in [4.78, 5) is 33.6. The van der Waals surface area contributed by atoms with Crippen LogP contribution in [0.25, 0.3) is 11.1 Å². The predicted molar refractivity (Wildman–Crippen MR) is 109 cm³/mol. The first-order valence-corrected chi connectivity index (χ1v) is 9.20. The molecule has 0 saturated carbocycles. The van der Waals surface area contributed by atoms with Gasteiger partial charge in [-0.2, -0.15) is 0 Å². The molecule has 3 aromatic carbocycles. The molecule has 0 unspecified atom stereocenters. The Hall–Kier alpha value is -4.27. The predicted octanol–water partition coefficient (Wildman–Crippen LogP) is 4.79. The average Bonchev–Trinajstić information content (AvgIpc) is 3.05. The molecule has 1 aliphatic rings. The number of aromatic carboxylic acids is 1. The van der Waals surface area contributed by atoms with Gasteiger partial charge in [-0.25, -0.2) is 14.0 Å². The van der Waals surface area contributed by atoms with Crippen molar-refractivity contribution in [1.82, 2.24) is 0 Å². The van der Waals surface area contributed by atoms with Gasteiger partial charge >= 0.3 is 12.1 Å². The van der Waals surface area contributed by atoms with Crippen LogP contribution in [0.2, 0.25) is 0 Å². The molecular weight excluding hydrogens is 407 g/mol. The van der Waals surface area contributed by atoms with E-state index in [1.165, 1.54) is 0 Å². The fourth-order valence-electron chi connectivity index (χ4n) is 3.72. The largest absolute Gasteiger partial charge is 0.478 e. The summed E-state index contributed by atoms with van der Waals surface area (Å²) >= 11 is 0. The van der Waals surface area contributed by atoms with Crippen molar-refractivity contribution >= 4 is 23.4 Å². The van der Waals surface area contributed by atoms with E-state index in [0.29, 0.717) is 12.1 Å². The second-order valence-corrected chi connectivity index (χ2v) is 6.86. The van der Waals surface area contributed by atoms with Crippen LogP contribution < -0.4 is 5.32 Å². The molecule has 8 nitrogen and oxygen atoms in total. The topological polar surface area (TPSA) is 119 Å². The maximum atomic E-state index is 14.0. The molecular formula is C22H15FN2O6. The van der Waals surface area contributed by atoms with E-state index in [2.05, 4.69) is 5.32 Å². The molecule has 9 heteroatoms. The number of rotatable bonds is 5. The van der Waals surface area contributed by atoms with Crippen LogP contribution >= 0.6 is 0 Å². The van der Waals surface area contributed by atoms with Crippen molar-refractivity contribution in [3.8, 4) is 11.1 Å². The number of hydrogen-bond acceptors (Lipinski definition) is 5. The lowest BCUT2D eigenvalue weighted by Crippen LogP contribution is -2.19. The zero-order chi connectivity index (χ0) is 22.1. The van der Waals surface area contributed by atoms with Crippen molar-refractivity contribution in [2.24, 2.45) is 0 Å². The molecule has 0 bridgehead atoms. The minimum absolute atomic E-state index is 0.0383. The number of carboxylic acid groups (broad SMARTS) is 1. The highest BCUT2D eigenvalue weighted by Crippen LogP contribution is 2.44. The molecule has 0 aliphatic heterocycles. The maximum absolute atomic E-state index is 14.0. The van der Waals surface area contributed by atoms with Crippen molar-refractivity contribution in [3.63, 3.8) is 0 Å². The first-order chi connectivity index (χ1) is 14.9. The Morgan fingerprint density at radius 2 is 1.65 bits per heavy atom. The highest BCUT2D eigenvalue weighted by Gasteiger charge is 2.29. The maximum Gasteiger partial charge on any atom is 0.411 e. The van der Waals surface area contributed by atoms with Crippen LogP contribution in [0, 0.1) is 15.9 Å². The summed E-state index contributed by atoms with van der Waals surface area (Å²) in [7, 11) is 0. The first kappa shape index (κ1) is 20.0. The molecule has 1 amide bonds. The summed E-state index contributed by atoms with van der Waals surface area (Å²) in [5.74, 6) is -3.10. The number of hydrogen-bond donors (Lipinski definition) is 2. The number of carboxylic acids is 1. The van der Waals surface area contributed by atoms with Crippen LogP contribution in [0.1, 0.15) is 27.4 Å². The lowest BCUT2D eigenvalue weighted by molar-refractivity contribution is -0.384. The van der Waals surface area contributed by atoms with Crippen LogP contribution in [0.4, 0.5) is 20.6 Å². The number of nitrogens with one attached hydrogen (secondary N) is 1. The Morgan fingerprint density at radius 1 is 1.06 bits per heavy atom. The van der Waals surface area contributed by atoms with Crippen LogP contribution in [0.3, 0.4) is 0 Å². The average molecular weight is 422 g/mol. The minimum Gasteiger partial charge on any atom is -0.478 e. The van der Waals surface area contributed by atoms with Crippen molar-refractivity contribution in [3.05, 3.63) is 93.3 Å². The molecule has 0 aromatic heterocycles. The van der Waals surface area contributed by atoms with E-state index in [-0.39, 0.29) is 12.5 Å². The normalized spacial score (nSPS) is 12.0. The molecule has 4 rings (SSSR count). The van der Waals surface area contributed by atoms with Gasteiger partial charge < -0.3 is 9.84 Å². The Kier molecular flexibility index (Phi) is 5.08. The van der Waals surface area contributed by atoms with Gasteiger partial charge in [0.25, 0.3) is 5.69 Å². The molecule has 0 radical (unpaired) electrons. The summed E-state index contributed by atoms with van der Waals surface area (Å²) in [6, 6.07) is 16.6. The van der Waals surface area contributed by atoms with Crippen LogP contribution in [-0.2, 0) is 4.74 Å². The number of amides is 1. The molecule has 0 spiro atoms. The zero-order valence-corrected chi connectivity index (χ0v) is 15.9. The molecule has 0 fully saturated rings. The Labute approximate surface area is 175 Å². The van der Waals surface area contributed by atoms with Gasteiger partial charge in [0.1, 0.15) is 23.7 Å². The van der Waals surface area contributed by atoms with E-state index in [0.717, 1.165) is 22.3 Å². The van der Waals surface area contributed by atoms with E-state index in [4.69, 9.17) is 9.84 Å². The van der Waals surface area contributed by atoms with Crippen LogP contribution in [0.5, 0.6) is 0 Å². The van der Waals surface area contributed by atoms with Gasteiger partial charge in [0.15, 0.2) is 0 Å². The first-order valence-electron chi connectivity index (χ1n) is 9.20. The zero-order valence-electron chi connectivity index (χ0n) is 15.9. The van der Waals surface area contributed by atoms with Crippen molar-refractivity contribution in [1.29, 1.82) is 0 Å². The number of anilines is 1. The summed E-state index contributed by atoms with van der Waals surface area (Å²) < 4.78 is 19.2. The van der Waals surface area contributed by atoms with E-state index < -0.39 is 39.7 Å². The van der Waals surface area contributed by atoms with Gasteiger partial charge in [-0.05, 0) is 22.3 Å². The number of nitro groups is 1. The third-order valence-electron chi connectivity index (χ3n) is 5.09. The van der Waals surface area contributed by atoms with Gasteiger partial charge in [0.2, 0.25) is 0 Å². The van der Waals surface area contributed by atoms with Gasteiger partial charge in [0, 0.05) is 18.1 Å². The van der Waals surface area contributed by atoms with Crippen molar-refractivity contribution < 1.29 is 28.7 Å². The summed E-state index contributed by atoms with van der Waals surface area (Å²) in [6.07, 6.45) is -1.02. The second kappa shape index (κ2) is 7.86. The number of benzene rings is 3. The lowest BCUT2D eigenvalue weighted by Gasteiger charge is -2.14. The molecule has 0 saturated heterocycles. The summed E-state index contributed by atoms with van der Waals surface area (Å²) in [6.45, 7) is -0.0383. The van der Waals surface area contributed by atoms with Crippen molar-refractivity contribution in [2.45, 2.75) is 5.92 Å². The number of ether oxygens (including phenoxy) is 1. The molecule has 3 aromatic rings. The van der Waals surface area contributed by atoms with Crippen LogP contribution in [0.15, 0.2) is 60.7 Å². The fraction of sp³-hybridized carbons (Fsp3) is 0.0909. The molecule has 1 aliphatic carbocycles. The number of fused-ring (bicyclic) bond motifs is 3. The number of halogens is 1. The minimum atomic E-state index is -1.66. The highest BCUT2D eigenvalue weighted by molar-refractivity contribution is 5.93. The van der Waals surface area contributed by atoms with Crippen LogP contribution in [-0.4, -0.2) is 28.7 Å². The van der Waals surface area contributed by atoms with E-state index in [1.54, 1.807) is 0 Å². The lowest BCUT2D eigenvalue weighted by atomic mass is 9.98. The number of carbonyl (C=O) groups excluding carboxylic acids is 1. The third-order valence-corrected chi connectivity index (χ3v) is 5.09. The molecule has 2 N–H and O–H groups in total. The van der Waals surface area contributed by atoms with E-state index in [1.807, 2.05) is 48.5 Å². The summed E-state index contributed by atoms with van der Waals surface area (Å²) in [5.41, 5.74) is 1.92. The third kappa shape index (κ3) is 3.68. The standard InChI is InChI=1S/C22H15FN2O6/c23-18-10-19(20(25(29)30)9-16(18)21(26)27)24-22(28)31-11-17-14-7-3-1-5-12(14)13-6-2-4-8-15(13)17/h1-10,17H,11H2,(H,24,28)(H,26,27). The van der Waals surface area contributed by atoms with E-state index >= 15 is 0 Å². The highest BCUT2D eigenvalue weighted by atomic mass is 19.1. The summed E-state index contributed by atoms with van der Waals surface area (Å²) in [5, 5.41) is 22.3. The van der Waals surface area contributed by atoms with E-state index in [9.17, 15) is 24.1 Å². The molecule has 0 atom stereocenters. The Morgan fingerprint density at radius 3 is 2.19 bits per heavy atom.